The van der Waals surface area contributed by atoms with E-state index in [1.165, 1.54) is 30.8 Å². The van der Waals surface area contributed by atoms with E-state index in [4.69, 9.17) is 0 Å². The second-order valence-corrected chi connectivity index (χ2v) is 10.8. The van der Waals surface area contributed by atoms with Gasteiger partial charge in [0.1, 0.15) is 0 Å². The van der Waals surface area contributed by atoms with Gasteiger partial charge in [-0.25, -0.2) is 8.42 Å². The first-order valence-electron chi connectivity index (χ1n) is 9.45. The highest BCUT2D eigenvalue weighted by molar-refractivity contribution is 8.01. The zero-order valence-corrected chi connectivity index (χ0v) is 18.2. The van der Waals surface area contributed by atoms with E-state index in [1.807, 2.05) is 19.1 Å². The fraction of sp³-hybridized carbons (Fsp3) is 0.333. The van der Waals surface area contributed by atoms with E-state index >= 15 is 0 Å². The number of sulfone groups is 1. The average Bonchev–Trinajstić information content (AvgIpc) is 2.69. The Morgan fingerprint density at radius 1 is 1.21 bits per heavy atom. The molecular weight excluding hydrogens is 408 g/mol. The number of hydrogen-bond donors (Lipinski definition) is 2. The van der Waals surface area contributed by atoms with Gasteiger partial charge in [0.05, 0.1) is 21.1 Å². The van der Waals surface area contributed by atoms with Crippen LogP contribution in [-0.2, 0) is 25.8 Å². The molecule has 0 aromatic heterocycles. The number of benzene rings is 2. The Kier molecular flexibility index (Phi) is 6.33. The molecule has 2 atom stereocenters. The molecule has 0 radical (unpaired) electrons. The number of rotatable bonds is 6. The molecule has 3 rings (SSSR count). The van der Waals surface area contributed by atoms with E-state index in [0.29, 0.717) is 11.4 Å². The van der Waals surface area contributed by atoms with Crippen molar-refractivity contribution in [2.24, 2.45) is 0 Å². The van der Waals surface area contributed by atoms with Crippen LogP contribution in [0.5, 0.6) is 0 Å². The summed E-state index contributed by atoms with van der Waals surface area (Å²) >= 11 is 1.39. The fourth-order valence-electron chi connectivity index (χ4n) is 3.00. The first kappa shape index (κ1) is 21.4. The van der Waals surface area contributed by atoms with Gasteiger partial charge in [0.25, 0.3) is 0 Å². The van der Waals surface area contributed by atoms with Crippen LogP contribution in [0.4, 0.5) is 11.4 Å². The van der Waals surface area contributed by atoms with Crippen molar-refractivity contribution in [3.63, 3.8) is 0 Å². The van der Waals surface area contributed by atoms with Crippen LogP contribution in [0, 0.1) is 0 Å². The number of fused-ring (bicyclic) bond motifs is 1. The number of hydrogen-bond acceptors (Lipinski definition) is 5. The molecule has 29 heavy (non-hydrogen) atoms. The monoisotopic (exact) mass is 432 g/mol. The van der Waals surface area contributed by atoms with Crippen LogP contribution in [0.3, 0.4) is 0 Å². The molecule has 0 aliphatic carbocycles. The molecule has 8 heteroatoms. The van der Waals surface area contributed by atoms with Crippen LogP contribution in [0.15, 0.2) is 52.3 Å². The lowest BCUT2D eigenvalue weighted by atomic mass is 10.1. The number of anilines is 2. The number of nitrogens with one attached hydrogen (secondary N) is 2. The zero-order chi connectivity index (χ0) is 21.2. The average molecular weight is 433 g/mol. The van der Waals surface area contributed by atoms with Gasteiger partial charge in [-0.1, -0.05) is 19.1 Å². The van der Waals surface area contributed by atoms with Crippen molar-refractivity contribution in [1.29, 1.82) is 0 Å². The van der Waals surface area contributed by atoms with E-state index in [-0.39, 0.29) is 28.4 Å². The molecular formula is C21H24N2O4S2. The highest BCUT2D eigenvalue weighted by Crippen LogP contribution is 2.37. The van der Waals surface area contributed by atoms with Crippen LogP contribution in [0.1, 0.15) is 32.8 Å². The van der Waals surface area contributed by atoms with Gasteiger partial charge in [0, 0.05) is 17.0 Å². The largest absolute Gasteiger partial charge is 0.326 e. The van der Waals surface area contributed by atoms with Crippen molar-refractivity contribution in [3.8, 4) is 0 Å². The summed E-state index contributed by atoms with van der Waals surface area (Å²) in [5.41, 5.74) is 2.29. The minimum atomic E-state index is -3.72. The molecule has 0 saturated carbocycles. The number of carbonyl (C=O) groups is 2. The Morgan fingerprint density at radius 2 is 1.90 bits per heavy atom. The second kappa shape index (κ2) is 8.59. The molecule has 0 saturated heterocycles. The Labute approximate surface area is 175 Å². The van der Waals surface area contributed by atoms with Gasteiger partial charge in [-0.15, -0.1) is 11.8 Å². The third-order valence-electron chi connectivity index (χ3n) is 4.86. The normalized spacial score (nSPS) is 17.2. The van der Waals surface area contributed by atoms with Crippen LogP contribution in [-0.4, -0.2) is 30.7 Å². The zero-order valence-electron chi connectivity index (χ0n) is 16.6. The van der Waals surface area contributed by atoms with Gasteiger partial charge in [0.2, 0.25) is 11.8 Å². The highest BCUT2D eigenvalue weighted by atomic mass is 32.2. The lowest BCUT2D eigenvalue weighted by Gasteiger charge is -2.22. The number of aryl methyl sites for hydroxylation is 1. The van der Waals surface area contributed by atoms with E-state index in [0.717, 1.165) is 16.9 Å². The number of carbonyl (C=O) groups excluding carboxylic acids is 2. The summed E-state index contributed by atoms with van der Waals surface area (Å²) in [5.74, 6) is -0.514. The predicted octanol–water partition coefficient (Wildman–Crippen LogP) is 3.87. The molecule has 154 valence electrons. The summed E-state index contributed by atoms with van der Waals surface area (Å²) in [5, 5.41) is 4.36. The SMILES string of the molecule is CCc1ccc(NC(=O)CC(C)S(=O)(=O)c2ccc3c(c2)NC(=O)C(C)S3)cc1. The third-order valence-corrected chi connectivity index (χ3v) is 8.17. The van der Waals surface area contributed by atoms with E-state index < -0.39 is 15.1 Å². The van der Waals surface area contributed by atoms with E-state index in [2.05, 4.69) is 10.6 Å². The summed E-state index contributed by atoms with van der Waals surface area (Å²) < 4.78 is 25.9. The summed E-state index contributed by atoms with van der Waals surface area (Å²) in [7, 11) is -3.72. The van der Waals surface area contributed by atoms with Crippen LogP contribution in [0.2, 0.25) is 0 Å². The van der Waals surface area contributed by atoms with Gasteiger partial charge in [-0.05, 0) is 56.2 Å². The first-order chi connectivity index (χ1) is 13.7. The Hall–Kier alpha value is -2.32. The molecule has 2 unspecified atom stereocenters. The van der Waals surface area contributed by atoms with Crippen molar-refractivity contribution >= 4 is 44.8 Å². The third kappa shape index (κ3) is 4.82. The van der Waals surface area contributed by atoms with Crippen LogP contribution in [0.25, 0.3) is 0 Å². The fourth-order valence-corrected chi connectivity index (χ4v) is 5.31. The number of amides is 2. The molecule has 2 amide bonds. The van der Waals surface area contributed by atoms with Gasteiger partial charge >= 0.3 is 0 Å². The smallest absolute Gasteiger partial charge is 0.237 e. The van der Waals surface area contributed by atoms with Crippen LogP contribution >= 0.6 is 11.8 Å². The Morgan fingerprint density at radius 3 is 2.55 bits per heavy atom. The first-order valence-corrected chi connectivity index (χ1v) is 11.9. The summed E-state index contributed by atoms with van der Waals surface area (Å²) in [4.78, 5) is 25.1. The lowest BCUT2D eigenvalue weighted by molar-refractivity contribution is -0.116. The maximum atomic E-state index is 12.9. The van der Waals surface area contributed by atoms with Gasteiger partial charge in [-0.2, -0.15) is 0 Å². The van der Waals surface area contributed by atoms with Gasteiger partial charge in [-0.3, -0.25) is 9.59 Å². The van der Waals surface area contributed by atoms with Crippen molar-refractivity contribution < 1.29 is 18.0 Å². The summed E-state index contributed by atoms with van der Waals surface area (Å²) in [6.45, 7) is 5.36. The summed E-state index contributed by atoms with van der Waals surface area (Å²) in [6, 6.07) is 12.2. The molecule has 2 aromatic rings. The Balaban J connectivity index is 1.71. The van der Waals surface area contributed by atoms with E-state index in [9.17, 15) is 18.0 Å². The maximum Gasteiger partial charge on any atom is 0.237 e. The van der Waals surface area contributed by atoms with Gasteiger partial charge in [0.15, 0.2) is 9.84 Å². The van der Waals surface area contributed by atoms with Gasteiger partial charge < -0.3 is 10.6 Å². The molecule has 0 fully saturated rings. The minimum Gasteiger partial charge on any atom is -0.326 e. The molecule has 2 aromatic carbocycles. The molecule has 6 nitrogen and oxygen atoms in total. The topological polar surface area (TPSA) is 92.3 Å². The number of thioether (sulfide) groups is 1. The van der Waals surface area contributed by atoms with Crippen molar-refractivity contribution in [1.82, 2.24) is 0 Å². The lowest BCUT2D eigenvalue weighted by Crippen LogP contribution is -2.27. The molecule has 1 aliphatic rings. The quantitative estimate of drug-likeness (QED) is 0.723. The molecule has 2 N–H and O–H groups in total. The molecule has 1 heterocycles. The predicted molar refractivity (Wildman–Crippen MR) is 116 cm³/mol. The van der Waals surface area contributed by atoms with Crippen LogP contribution < -0.4 is 10.6 Å². The molecule has 1 aliphatic heterocycles. The highest BCUT2D eigenvalue weighted by Gasteiger charge is 2.29. The summed E-state index contributed by atoms with van der Waals surface area (Å²) in [6.07, 6.45) is 0.745. The molecule has 0 spiro atoms. The minimum absolute atomic E-state index is 0.0966. The maximum absolute atomic E-state index is 12.9. The standard InChI is InChI=1S/C21H24N2O4S2/c1-4-15-5-7-16(8-6-15)22-20(24)11-13(2)29(26,27)17-9-10-19-18(12-17)23-21(25)14(3)28-19/h5-10,12-14H,4,11H2,1-3H3,(H,22,24)(H,23,25). The van der Waals surface area contributed by atoms with Crippen molar-refractivity contribution in [2.75, 3.05) is 10.6 Å². The van der Waals surface area contributed by atoms with Crippen molar-refractivity contribution in [3.05, 3.63) is 48.0 Å². The Bertz CT molecular complexity index is 1030. The van der Waals surface area contributed by atoms with E-state index in [1.54, 1.807) is 25.1 Å². The molecule has 0 bridgehead atoms. The second-order valence-electron chi connectivity index (χ2n) is 7.07. The van der Waals surface area contributed by atoms with Crippen molar-refractivity contribution in [2.45, 2.75) is 53.9 Å².